The normalized spacial score (nSPS) is 15.3. The molecular formula is C20H32O2. The second-order valence-corrected chi connectivity index (χ2v) is 6.04. The minimum absolute atomic E-state index is 0.0358. The molecule has 0 unspecified atom stereocenters. The van der Waals surface area contributed by atoms with Gasteiger partial charge in [0.1, 0.15) is 0 Å². The highest BCUT2D eigenvalue weighted by Crippen LogP contribution is 2.30. The maximum absolute atomic E-state index is 11.3. The fraction of sp³-hybridized carbons (Fsp3) is 0.650. The molecule has 0 atom stereocenters. The van der Waals surface area contributed by atoms with E-state index in [0.29, 0.717) is 6.61 Å². The summed E-state index contributed by atoms with van der Waals surface area (Å²) in [7, 11) is 0. The summed E-state index contributed by atoms with van der Waals surface area (Å²) < 4.78 is 5.22. The number of rotatable bonds is 13. The summed E-state index contributed by atoms with van der Waals surface area (Å²) in [6.45, 7) is 2.65. The van der Waals surface area contributed by atoms with Gasteiger partial charge in [-0.05, 0) is 39.0 Å². The summed E-state index contributed by atoms with van der Waals surface area (Å²) in [5.74, 6) is 0.279. The van der Waals surface area contributed by atoms with Gasteiger partial charge < -0.3 is 4.74 Å². The van der Waals surface area contributed by atoms with E-state index in [4.69, 9.17) is 4.74 Å². The predicted molar refractivity (Wildman–Crippen MR) is 93.7 cm³/mol. The standard InChI is InChI=1S/C20H32O2/c1-2-3-4-5-6-7-8-9-10-11-12-13-14-15-18-22-20(21)19-16-17-19/h2-7,19H,8-18H2,1H3/b3-2+,5-4+,7-6+. The molecule has 0 aromatic rings. The molecule has 0 aromatic carbocycles. The lowest BCUT2D eigenvalue weighted by Crippen LogP contribution is -2.07. The Morgan fingerprint density at radius 3 is 2.23 bits per heavy atom. The van der Waals surface area contributed by atoms with E-state index < -0.39 is 0 Å². The van der Waals surface area contributed by atoms with Gasteiger partial charge in [-0.1, -0.05) is 68.6 Å². The van der Waals surface area contributed by atoms with Gasteiger partial charge in [0.05, 0.1) is 12.5 Å². The molecule has 0 N–H and O–H groups in total. The summed E-state index contributed by atoms with van der Waals surface area (Å²) in [6.07, 6.45) is 24.6. The monoisotopic (exact) mass is 304 g/mol. The molecule has 1 aliphatic carbocycles. The van der Waals surface area contributed by atoms with Crippen molar-refractivity contribution in [1.82, 2.24) is 0 Å². The SMILES string of the molecule is C/C=C/C=C/C=C/CCCCCCCCCOC(=O)C1CC1. The molecule has 0 spiro atoms. The van der Waals surface area contributed by atoms with Crippen LogP contribution in [0, 0.1) is 5.92 Å². The molecule has 1 aliphatic rings. The van der Waals surface area contributed by atoms with Crippen molar-refractivity contribution >= 4 is 5.97 Å². The van der Waals surface area contributed by atoms with E-state index in [2.05, 4.69) is 24.3 Å². The lowest BCUT2D eigenvalue weighted by atomic mass is 10.1. The Kier molecular flexibility index (Phi) is 11.4. The van der Waals surface area contributed by atoms with Gasteiger partial charge in [-0.3, -0.25) is 4.79 Å². The highest BCUT2D eigenvalue weighted by Gasteiger charge is 2.30. The highest BCUT2D eigenvalue weighted by molar-refractivity contribution is 5.74. The van der Waals surface area contributed by atoms with Crippen LogP contribution >= 0.6 is 0 Å². The average Bonchev–Trinajstić information content (AvgIpc) is 3.36. The third-order valence-electron chi connectivity index (χ3n) is 3.83. The number of carbonyl (C=O) groups excluding carboxylic acids is 1. The molecule has 0 aromatic heterocycles. The second kappa shape index (κ2) is 13.4. The van der Waals surface area contributed by atoms with Crippen LogP contribution in [0.4, 0.5) is 0 Å². The van der Waals surface area contributed by atoms with E-state index in [1.165, 1.54) is 44.9 Å². The van der Waals surface area contributed by atoms with Crippen LogP contribution in [0.1, 0.15) is 71.1 Å². The molecule has 22 heavy (non-hydrogen) atoms. The van der Waals surface area contributed by atoms with E-state index in [9.17, 15) is 4.79 Å². The fourth-order valence-corrected chi connectivity index (χ4v) is 2.27. The third kappa shape index (κ3) is 11.4. The minimum Gasteiger partial charge on any atom is -0.465 e. The first-order valence-electron chi connectivity index (χ1n) is 8.95. The zero-order valence-electron chi connectivity index (χ0n) is 14.1. The fourth-order valence-electron chi connectivity index (χ4n) is 2.27. The first kappa shape index (κ1) is 18.7. The van der Waals surface area contributed by atoms with Gasteiger partial charge in [0.15, 0.2) is 0 Å². The van der Waals surface area contributed by atoms with Crippen LogP contribution in [0.15, 0.2) is 36.5 Å². The Morgan fingerprint density at radius 2 is 1.55 bits per heavy atom. The van der Waals surface area contributed by atoms with E-state index in [0.717, 1.165) is 19.3 Å². The summed E-state index contributed by atoms with van der Waals surface area (Å²) in [5, 5.41) is 0. The van der Waals surface area contributed by atoms with Gasteiger partial charge in [-0.25, -0.2) is 0 Å². The van der Waals surface area contributed by atoms with Gasteiger partial charge >= 0.3 is 5.97 Å². The zero-order valence-corrected chi connectivity index (χ0v) is 14.1. The van der Waals surface area contributed by atoms with Crippen molar-refractivity contribution < 1.29 is 9.53 Å². The highest BCUT2D eigenvalue weighted by atomic mass is 16.5. The first-order valence-corrected chi connectivity index (χ1v) is 8.95. The summed E-state index contributed by atoms with van der Waals surface area (Å²) in [5.41, 5.74) is 0. The number of carbonyl (C=O) groups is 1. The van der Waals surface area contributed by atoms with Crippen LogP contribution in [0.5, 0.6) is 0 Å². The Bertz CT molecular complexity index is 362. The van der Waals surface area contributed by atoms with Crippen LogP contribution in [0.25, 0.3) is 0 Å². The molecule has 0 aliphatic heterocycles. The van der Waals surface area contributed by atoms with Crippen LogP contribution in [-0.2, 0) is 9.53 Å². The maximum atomic E-state index is 11.3. The minimum atomic E-state index is 0.0358. The van der Waals surface area contributed by atoms with E-state index in [1.807, 2.05) is 19.1 Å². The second-order valence-electron chi connectivity index (χ2n) is 6.04. The molecule has 2 nitrogen and oxygen atoms in total. The number of ether oxygens (including phenoxy) is 1. The number of allylic oxidation sites excluding steroid dienone is 6. The summed E-state index contributed by atoms with van der Waals surface area (Å²) in [4.78, 5) is 11.3. The number of unbranched alkanes of at least 4 members (excludes halogenated alkanes) is 7. The molecule has 2 heteroatoms. The van der Waals surface area contributed by atoms with Crippen LogP contribution < -0.4 is 0 Å². The molecule has 0 radical (unpaired) electrons. The quantitative estimate of drug-likeness (QED) is 0.246. The Hall–Kier alpha value is -1.31. The lowest BCUT2D eigenvalue weighted by Gasteiger charge is -2.04. The Labute approximate surface area is 136 Å². The van der Waals surface area contributed by atoms with Gasteiger partial charge in [-0.2, -0.15) is 0 Å². The molecule has 124 valence electrons. The third-order valence-corrected chi connectivity index (χ3v) is 3.83. The Balaban J connectivity index is 1.75. The van der Waals surface area contributed by atoms with Crippen molar-refractivity contribution in [1.29, 1.82) is 0 Å². The maximum Gasteiger partial charge on any atom is 0.308 e. The van der Waals surface area contributed by atoms with Crippen LogP contribution in [0.2, 0.25) is 0 Å². The van der Waals surface area contributed by atoms with Gasteiger partial charge in [0.2, 0.25) is 0 Å². The van der Waals surface area contributed by atoms with Gasteiger partial charge in [-0.15, -0.1) is 0 Å². The molecular weight excluding hydrogens is 272 g/mol. The van der Waals surface area contributed by atoms with E-state index in [1.54, 1.807) is 0 Å². The van der Waals surface area contributed by atoms with Gasteiger partial charge in [0, 0.05) is 0 Å². The van der Waals surface area contributed by atoms with Gasteiger partial charge in [0.25, 0.3) is 0 Å². The first-order chi connectivity index (χ1) is 10.8. The molecule has 1 saturated carbocycles. The average molecular weight is 304 g/mol. The summed E-state index contributed by atoms with van der Waals surface area (Å²) >= 11 is 0. The lowest BCUT2D eigenvalue weighted by molar-refractivity contribution is -0.145. The molecule has 0 saturated heterocycles. The van der Waals surface area contributed by atoms with E-state index >= 15 is 0 Å². The Morgan fingerprint density at radius 1 is 0.909 bits per heavy atom. The zero-order chi connectivity index (χ0) is 15.9. The molecule has 0 bridgehead atoms. The smallest absolute Gasteiger partial charge is 0.308 e. The van der Waals surface area contributed by atoms with Crippen molar-refractivity contribution in [3.8, 4) is 0 Å². The van der Waals surface area contributed by atoms with Crippen molar-refractivity contribution in [2.45, 2.75) is 71.1 Å². The number of hydrogen-bond donors (Lipinski definition) is 0. The molecule has 1 rings (SSSR count). The molecule has 0 amide bonds. The van der Waals surface area contributed by atoms with Crippen LogP contribution in [0.3, 0.4) is 0 Å². The van der Waals surface area contributed by atoms with Crippen molar-refractivity contribution in [3.05, 3.63) is 36.5 Å². The molecule has 1 fully saturated rings. The van der Waals surface area contributed by atoms with Crippen molar-refractivity contribution in [3.63, 3.8) is 0 Å². The van der Waals surface area contributed by atoms with Crippen LogP contribution in [-0.4, -0.2) is 12.6 Å². The largest absolute Gasteiger partial charge is 0.465 e. The number of esters is 1. The summed E-state index contributed by atoms with van der Waals surface area (Å²) in [6, 6.07) is 0. The molecule has 0 heterocycles. The van der Waals surface area contributed by atoms with Crippen molar-refractivity contribution in [2.75, 3.05) is 6.61 Å². The van der Waals surface area contributed by atoms with Crippen molar-refractivity contribution in [2.24, 2.45) is 5.92 Å². The number of hydrogen-bond acceptors (Lipinski definition) is 2. The topological polar surface area (TPSA) is 26.3 Å². The van der Waals surface area contributed by atoms with E-state index in [-0.39, 0.29) is 11.9 Å². The predicted octanol–water partition coefficient (Wildman–Crippen LogP) is 5.75.